The quantitative estimate of drug-likeness (QED) is 0.780. The predicted molar refractivity (Wildman–Crippen MR) is 92.9 cm³/mol. The maximum atomic E-state index is 12.2. The van der Waals surface area contributed by atoms with Crippen LogP contribution in [0.5, 0.6) is 0 Å². The average molecular weight is 344 g/mol. The number of benzene rings is 1. The molecule has 0 saturated carbocycles. The van der Waals surface area contributed by atoms with Crippen LogP contribution < -0.4 is 5.32 Å². The van der Waals surface area contributed by atoms with Gasteiger partial charge < -0.3 is 10.1 Å². The van der Waals surface area contributed by atoms with Gasteiger partial charge in [-0.25, -0.2) is 9.48 Å². The summed E-state index contributed by atoms with van der Waals surface area (Å²) in [6, 6.07) is 8.92. The van der Waals surface area contributed by atoms with Crippen LogP contribution in [-0.2, 0) is 16.1 Å². The molecule has 2 aromatic rings. The molecule has 0 fully saturated rings. The first-order valence-electron chi connectivity index (χ1n) is 8.37. The van der Waals surface area contributed by atoms with Gasteiger partial charge in [0, 0.05) is 6.04 Å². The largest absolute Gasteiger partial charge is 0.456 e. The fourth-order valence-corrected chi connectivity index (χ4v) is 2.27. The molecular weight excluding hydrogens is 320 g/mol. The minimum Gasteiger partial charge on any atom is -0.456 e. The van der Waals surface area contributed by atoms with Crippen molar-refractivity contribution in [2.24, 2.45) is 0 Å². The Kier molecular flexibility index (Phi) is 6.27. The summed E-state index contributed by atoms with van der Waals surface area (Å²) in [6.07, 6.45) is 0.839. The first-order chi connectivity index (χ1) is 11.9. The van der Waals surface area contributed by atoms with E-state index < -0.39 is 12.0 Å². The Morgan fingerprint density at radius 1 is 1.24 bits per heavy atom. The summed E-state index contributed by atoms with van der Waals surface area (Å²) in [5.74, 6) is -0.714. The van der Waals surface area contributed by atoms with Crippen molar-refractivity contribution in [2.75, 3.05) is 0 Å². The van der Waals surface area contributed by atoms with Crippen molar-refractivity contribution in [2.45, 2.75) is 52.8 Å². The molecule has 0 radical (unpaired) electrons. The van der Waals surface area contributed by atoms with E-state index in [1.165, 1.54) is 4.68 Å². The van der Waals surface area contributed by atoms with Crippen LogP contribution in [0.1, 0.15) is 55.0 Å². The molecule has 0 saturated heterocycles. The first-order valence-corrected chi connectivity index (χ1v) is 8.37. The highest BCUT2D eigenvalue weighted by Gasteiger charge is 2.24. The van der Waals surface area contributed by atoms with E-state index >= 15 is 0 Å². The highest BCUT2D eigenvalue weighted by atomic mass is 16.5. The lowest BCUT2D eigenvalue weighted by atomic mass is 10.2. The summed E-state index contributed by atoms with van der Waals surface area (Å²) in [4.78, 5) is 24.5. The maximum absolute atomic E-state index is 12.2. The number of hydrogen-bond donors (Lipinski definition) is 1. The summed E-state index contributed by atoms with van der Waals surface area (Å²) in [6.45, 7) is 7.52. The molecule has 134 valence electrons. The van der Waals surface area contributed by atoms with E-state index in [1.54, 1.807) is 13.8 Å². The standard InChI is InChI=1S/C18H24N4O3/c1-5-12(2)19-17(23)14(4)22-13(3)16(20-21-22)18(24)25-11-15-9-7-6-8-10-15/h6-10,12,14H,5,11H2,1-4H3,(H,19,23). The van der Waals surface area contributed by atoms with Crippen LogP contribution in [-0.4, -0.2) is 32.9 Å². The molecule has 7 heteroatoms. The van der Waals surface area contributed by atoms with Gasteiger partial charge in [0.15, 0.2) is 5.69 Å². The van der Waals surface area contributed by atoms with Crippen molar-refractivity contribution in [1.29, 1.82) is 0 Å². The predicted octanol–water partition coefficient (Wildman–Crippen LogP) is 2.42. The highest BCUT2D eigenvalue weighted by Crippen LogP contribution is 2.13. The molecule has 2 rings (SSSR count). The van der Waals surface area contributed by atoms with Crippen LogP contribution >= 0.6 is 0 Å². The number of carbonyl (C=O) groups excluding carboxylic acids is 2. The Morgan fingerprint density at radius 2 is 1.92 bits per heavy atom. The van der Waals surface area contributed by atoms with Crippen LogP contribution in [0.25, 0.3) is 0 Å². The molecule has 0 aliphatic rings. The van der Waals surface area contributed by atoms with Crippen molar-refractivity contribution in [1.82, 2.24) is 20.3 Å². The van der Waals surface area contributed by atoms with E-state index in [4.69, 9.17) is 4.74 Å². The van der Waals surface area contributed by atoms with E-state index in [-0.39, 0.29) is 24.2 Å². The SMILES string of the molecule is CCC(C)NC(=O)C(C)n1nnc(C(=O)OCc2ccccc2)c1C. The number of rotatable bonds is 7. The minimum atomic E-state index is -0.558. The lowest BCUT2D eigenvalue weighted by molar-refractivity contribution is -0.124. The molecule has 2 atom stereocenters. The summed E-state index contributed by atoms with van der Waals surface area (Å²) < 4.78 is 6.72. The van der Waals surface area contributed by atoms with Gasteiger partial charge in [0.25, 0.3) is 0 Å². The zero-order valence-corrected chi connectivity index (χ0v) is 15.0. The number of ether oxygens (including phenoxy) is 1. The van der Waals surface area contributed by atoms with Gasteiger partial charge in [0.05, 0.1) is 5.69 Å². The van der Waals surface area contributed by atoms with Gasteiger partial charge in [-0.3, -0.25) is 4.79 Å². The second-order valence-corrected chi connectivity index (χ2v) is 6.02. The highest BCUT2D eigenvalue weighted by molar-refractivity contribution is 5.88. The molecule has 0 aliphatic heterocycles. The van der Waals surface area contributed by atoms with Gasteiger partial charge in [-0.2, -0.15) is 0 Å². The van der Waals surface area contributed by atoms with Gasteiger partial charge >= 0.3 is 5.97 Å². The third-order valence-electron chi connectivity index (χ3n) is 4.08. The van der Waals surface area contributed by atoms with Crippen molar-refractivity contribution < 1.29 is 14.3 Å². The molecule has 0 bridgehead atoms. The molecule has 1 heterocycles. The van der Waals surface area contributed by atoms with E-state index in [2.05, 4.69) is 15.6 Å². The van der Waals surface area contributed by atoms with Crippen LogP contribution in [0.3, 0.4) is 0 Å². The van der Waals surface area contributed by atoms with Gasteiger partial charge in [0.2, 0.25) is 5.91 Å². The summed E-state index contributed by atoms with van der Waals surface area (Å²) in [5, 5.41) is 10.7. The van der Waals surface area contributed by atoms with E-state index in [0.29, 0.717) is 5.69 Å². The molecule has 0 aliphatic carbocycles. The molecule has 0 spiro atoms. The summed E-state index contributed by atoms with van der Waals surface area (Å²) in [5.41, 5.74) is 1.52. The average Bonchev–Trinajstić information content (AvgIpc) is 3.01. The number of esters is 1. The van der Waals surface area contributed by atoms with Crippen LogP contribution in [0, 0.1) is 6.92 Å². The van der Waals surface area contributed by atoms with Crippen LogP contribution in [0.2, 0.25) is 0 Å². The minimum absolute atomic E-state index is 0.0779. The van der Waals surface area contributed by atoms with E-state index in [0.717, 1.165) is 12.0 Å². The first kappa shape index (κ1) is 18.6. The van der Waals surface area contributed by atoms with Crippen molar-refractivity contribution >= 4 is 11.9 Å². The third kappa shape index (κ3) is 4.65. The van der Waals surface area contributed by atoms with Gasteiger partial charge in [-0.15, -0.1) is 5.10 Å². The Hall–Kier alpha value is -2.70. The summed E-state index contributed by atoms with van der Waals surface area (Å²) >= 11 is 0. The second-order valence-electron chi connectivity index (χ2n) is 6.02. The smallest absolute Gasteiger partial charge is 0.361 e. The van der Waals surface area contributed by atoms with Crippen LogP contribution in [0.15, 0.2) is 30.3 Å². The molecule has 7 nitrogen and oxygen atoms in total. The topological polar surface area (TPSA) is 86.1 Å². The van der Waals surface area contributed by atoms with Crippen LogP contribution in [0.4, 0.5) is 0 Å². The Bertz CT molecular complexity index is 727. The zero-order chi connectivity index (χ0) is 18.4. The second kappa shape index (κ2) is 8.41. The molecule has 1 aromatic heterocycles. The fraction of sp³-hybridized carbons (Fsp3) is 0.444. The fourth-order valence-electron chi connectivity index (χ4n) is 2.27. The van der Waals surface area contributed by atoms with Crippen molar-refractivity contribution in [3.05, 3.63) is 47.3 Å². The van der Waals surface area contributed by atoms with E-state index in [1.807, 2.05) is 44.2 Å². The monoisotopic (exact) mass is 344 g/mol. The molecule has 1 aromatic carbocycles. The number of hydrogen-bond acceptors (Lipinski definition) is 5. The maximum Gasteiger partial charge on any atom is 0.361 e. The van der Waals surface area contributed by atoms with Gasteiger partial charge in [-0.1, -0.05) is 42.5 Å². The van der Waals surface area contributed by atoms with E-state index in [9.17, 15) is 9.59 Å². The molecular formula is C18H24N4O3. The lowest BCUT2D eigenvalue weighted by Gasteiger charge is -2.17. The van der Waals surface area contributed by atoms with Crippen molar-refractivity contribution in [3.8, 4) is 0 Å². The molecule has 2 unspecified atom stereocenters. The normalized spacial score (nSPS) is 13.1. The van der Waals surface area contributed by atoms with Gasteiger partial charge in [0.1, 0.15) is 12.6 Å². The number of nitrogens with one attached hydrogen (secondary N) is 1. The zero-order valence-electron chi connectivity index (χ0n) is 15.0. The summed E-state index contributed by atoms with van der Waals surface area (Å²) in [7, 11) is 0. The number of carbonyl (C=O) groups is 2. The van der Waals surface area contributed by atoms with Gasteiger partial charge in [-0.05, 0) is 32.8 Å². The Balaban J connectivity index is 2.04. The molecule has 1 N–H and O–H groups in total. The lowest BCUT2D eigenvalue weighted by Crippen LogP contribution is -2.37. The number of aromatic nitrogens is 3. The number of amides is 1. The Morgan fingerprint density at radius 3 is 2.56 bits per heavy atom. The Labute approximate surface area is 147 Å². The molecule has 1 amide bonds. The molecule has 25 heavy (non-hydrogen) atoms. The third-order valence-corrected chi connectivity index (χ3v) is 4.08. The number of nitrogens with zero attached hydrogens (tertiary/aromatic N) is 3. The van der Waals surface area contributed by atoms with Crippen molar-refractivity contribution in [3.63, 3.8) is 0 Å².